The number of likely N-dealkylation sites (N-methyl/N-ethyl adjacent to an activating group) is 1. The number of hydrogen-bond donors (Lipinski definition) is 0. The highest BCUT2D eigenvalue weighted by molar-refractivity contribution is 6.05. The molecule has 1 heterocycles. The number of carbonyl (C=O) groups is 2. The average molecular weight is 366 g/mol. The summed E-state index contributed by atoms with van der Waals surface area (Å²) in [5.41, 5.74) is 2.00. The summed E-state index contributed by atoms with van der Waals surface area (Å²) in [6, 6.07) is 17.5. The summed E-state index contributed by atoms with van der Waals surface area (Å²) in [5.74, 6) is -0.581. The first-order valence-electron chi connectivity index (χ1n) is 9.31. The molecule has 1 fully saturated rings. The molecule has 0 N–H and O–H groups in total. The number of benzene rings is 2. The van der Waals surface area contributed by atoms with E-state index in [0.717, 1.165) is 19.4 Å². The van der Waals surface area contributed by atoms with Gasteiger partial charge in [0.1, 0.15) is 0 Å². The second-order valence-electron chi connectivity index (χ2n) is 6.99. The van der Waals surface area contributed by atoms with Gasteiger partial charge in [0.2, 0.25) is 0 Å². The fourth-order valence-electron chi connectivity index (χ4n) is 3.63. The van der Waals surface area contributed by atoms with Crippen LogP contribution in [0.3, 0.4) is 0 Å². The first kappa shape index (κ1) is 19.1. The summed E-state index contributed by atoms with van der Waals surface area (Å²) in [6.45, 7) is 2.23. The maximum Gasteiger partial charge on any atom is 0.338 e. The van der Waals surface area contributed by atoms with Gasteiger partial charge in [-0.3, -0.25) is 9.69 Å². The standard InChI is InChI=1S/C22H26N2O3/c1-23(15-17-9-4-3-5-10-17)18-11-8-14-24(16-18)21(25)19-12-6-7-13-20(19)22(26)27-2/h3-7,9-10,12-13,18H,8,11,14-16H2,1-2H3/t18-/m0/s1. The van der Waals surface area contributed by atoms with E-state index in [1.165, 1.54) is 12.7 Å². The van der Waals surface area contributed by atoms with Crippen LogP contribution in [0.25, 0.3) is 0 Å². The topological polar surface area (TPSA) is 49.9 Å². The number of nitrogens with zero attached hydrogens (tertiary/aromatic N) is 2. The van der Waals surface area contributed by atoms with Gasteiger partial charge in [-0.25, -0.2) is 4.79 Å². The van der Waals surface area contributed by atoms with Crippen molar-refractivity contribution in [3.05, 3.63) is 71.3 Å². The smallest absolute Gasteiger partial charge is 0.338 e. The minimum absolute atomic E-state index is 0.103. The Hall–Kier alpha value is -2.66. The molecular formula is C22H26N2O3. The molecule has 5 nitrogen and oxygen atoms in total. The van der Waals surface area contributed by atoms with Crippen LogP contribution in [0.2, 0.25) is 0 Å². The van der Waals surface area contributed by atoms with Gasteiger partial charge in [0, 0.05) is 25.7 Å². The predicted molar refractivity (Wildman–Crippen MR) is 105 cm³/mol. The Morgan fingerprint density at radius 2 is 1.74 bits per heavy atom. The van der Waals surface area contributed by atoms with Gasteiger partial charge in [-0.15, -0.1) is 0 Å². The largest absolute Gasteiger partial charge is 0.465 e. The number of likely N-dealkylation sites (tertiary alicyclic amines) is 1. The van der Waals surface area contributed by atoms with Crippen LogP contribution in [0.5, 0.6) is 0 Å². The fourth-order valence-corrected chi connectivity index (χ4v) is 3.63. The summed E-state index contributed by atoms with van der Waals surface area (Å²) >= 11 is 0. The van der Waals surface area contributed by atoms with Crippen molar-refractivity contribution in [1.29, 1.82) is 0 Å². The highest BCUT2D eigenvalue weighted by Crippen LogP contribution is 2.20. The van der Waals surface area contributed by atoms with Crippen LogP contribution in [0.15, 0.2) is 54.6 Å². The molecule has 0 bridgehead atoms. The van der Waals surface area contributed by atoms with Crippen molar-refractivity contribution in [1.82, 2.24) is 9.80 Å². The van der Waals surface area contributed by atoms with Crippen LogP contribution in [-0.4, -0.2) is 55.0 Å². The van der Waals surface area contributed by atoms with Crippen LogP contribution < -0.4 is 0 Å². The Bertz CT molecular complexity index is 791. The zero-order valence-corrected chi connectivity index (χ0v) is 15.9. The molecule has 0 aromatic heterocycles. The Morgan fingerprint density at radius 1 is 1.07 bits per heavy atom. The van der Waals surface area contributed by atoms with E-state index in [0.29, 0.717) is 30.3 Å². The Labute approximate surface area is 160 Å². The van der Waals surface area contributed by atoms with Gasteiger partial charge in [-0.05, 0) is 37.6 Å². The Morgan fingerprint density at radius 3 is 2.44 bits per heavy atom. The molecule has 1 atom stereocenters. The molecule has 1 aliphatic heterocycles. The van der Waals surface area contributed by atoms with Crippen molar-refractivity contribution in [2.45, 2.75) is 25.4 Å². The van der Waals surface area contributed by atoms with Crippen molar-refractivity contribution in [3.63, 3.8) is 0 Å². The van der Waals surface area contributed by atoms with E-state index >= 15 is 0 Å². The van der Waals surface area contributed by atoms with Crippen LogP contribution in [-0.2, 0) is 11.3 Å². The summed E-state index contributed by atoms with van der Waals surface area (Å²) in [7, 11) is 3.44. The molecule has 5 heteroatoms. The molecule has 0 spiro atoms. The predicted octanol–water partition coefficient (Wildman–Crippen LogP) is 3.21. The van der Waals surface area contributed by atoms with Gasteiger partial charge in [-0.1, -0.05) is 42.5 Å². The zero-order valence-electron chi connectivity index (χ0n) is 15.9. The van der Waals surface area contributed by atoms with Gasteiger partial charge in [0.15, 0.2) is 0 Å². The maximum atomic E-state index is 13.1. The number of ether oxygens (including phenoxy) is 1. The highest BCUT2D eigenvalue weighted by Gasteiger charge is 2.29. The number of esters is 1. The van der Waals surface area contributed by atoms with Crippen LogP contribution >= 0.6 is 0 Å². The first-order valence-corrected chi connectivity index (χ1v) is 9.31. The lowest BCUT2D eigenvalue weighted by molar-refractivity contribution is 0.0560. The van der Waals surface area contributed by atoms with E-state index in [2.05, 4.69) is 24.1 Å². The van der Waals surface area contributed by atoms with E-state index in [1.54, 1.807) is 24.3 Å². The number of carbonyl (C=O) groups excluding carboxylic acids is 2. The van der Waals surface area contributed by atoms with Gasteiger partial charge < -0.3 is 9.64 Å². The molecule has 0 unspecified atom stereocenters. The van der Waals surface area contributed by atoms with Crippen LogP contribution in [0.4, 0.5) is 0 Å². The number of rotatable bonds is 5. The second kappa shape index (κ2) is 8.82. The van der Waals surface area contributed by atoms with Crippen molar-refractivity contribution in [2.75, 3.05) is 27.2 Å². The SMILES string of the molecule is COC(=O)c1ccccc1C(=O)N1CCC[C@H](N(C)Cc2ccccc2)C1. The number of piperidine rings is 1. The quantitative estimate of drug-likeness (QED) is 0.763. The van der Waals surface area contributed by atoms with Gasteiger partial charge in [-0.2, -0.15) is 0 Å². The first-order chi connectivity index (χ1) is 13.1. The third kappa shape index (κ3) is 4.55. The van der Waals surface area contributed by atoms with E-state index in [1.807, 2.05) is 23.1 Å². The van der Waals surface area contributed by atoms with Crippen molar-refractivity contribution in [2.24, 2.45) is 0 Å². The lowest BCUT2D eigenvalue weighted by Gasteiger charge is -2.38. The molecule has 0 radical (unpaired) electrons. The average Bonchev–Trinajstić information content (AvgIpc) is 2.73. The molecular weight excluding hydrogens is 340 g/mol. The molecule has 27 heavy (non-hydrogen) atoms. The third-order valence-corrected chi connectivity index (χ3v) is 5.14. The van der Waals surface area contributed by atoms with E-state index in [-0.39, 0.29) is 5.91 Å². The lowest BCUT2D eigenvalue weighted by atomic mass is 10.0. The van der Waals surface area contributed by atoms with Gasteiger partial charge >= 0.3 is 5.97 Å². The summed E-state index contributed by atoms with van der Waals surface area (Å²) in [4.78, 5) is 29.2. The molecule has 142 valence electrons. The van der Waals surface area contributed by atoms with Gasteiger partial charge in [0.25, 0.3) is 5.91 Å². The lowest BCUT2D eigenvalue weighted by Crippen LogP contribution is -2.48. The molecule has 0 saturated carbocycles. The number of hydrogen-bond acceptors (Lipinski definition) is 4. The summed E-state index contributed by atoms with van der Waals surface area (Å²) < 4.78 is 4.82. The molecule has 1 saturated heterocycles. The molecule has 2 aromatic rings. The minimum atomic E-state index is -0.478. The third-order valence-electron chi connectivity index (χ3n) is 5.14. The number of amides is 1. The van der Waals surface area contributed by atoms with E-state index in [9.17, 15) is 9.59 Å². The molecule has 1 aliphatic rings. The van der Waals surface area contributed by atoms with Crippen molar-refractivity contribution >= 4 is 11.9 Å². The van der Waals surface area contributed by atoms with Crippen molar-refractivity contribution in [3.8, 4) is 0 Å². The summed E-state index contributed by atoms with van der Waals surface area (Å²) in [5, 5.41) is 0. The zero-order chi connectivity index (χ0) is 19.2. The second-order valence-corrected chi connectivity index (χ2v) is 6.99. The monoisotopic (exact) mass is 366 g/mol. The van der Waals surface area contributed by atoms with E-state index < -0.39 is 5.97 Å². The Kier molecular flexibility index (Phi) is 6.24. The molecule has 0 aliphatic carbocycles. The Balaban J connectivity index is 1.71. The van der Waals surface area contributed by atoms with Crippen LogP contribution in [0.1, 0.15) is 39.1 Å². The summed E-state index contributed by atoms with van der Waals surface area (Å²) in [6.07, 6.45) is 2.02. The van der Waals surface area contributed by atoms with Crippen LogP contribution in [0, 0.1) is 0 Å². The minimum Gasteiger partial charge on any atom is -0.465 e. The van der Waals surface area contributed by atoms with Gasteiger partial charge in [0.05, 0.1) is 18.2 Å². The number of methoxy groups -OCH3 is 1. The normalized spacial score (nSPS) is 17.0. The molecule has 2 aromatic carbocycles. The highest BCUT2D eigenvalue weighted by atomic mass is 16.5. The van der Waals surface area contributed by atoms with Crippen molar-refractivity contribution < 1.29 is 14.3 Å². The molecule has 1 amide bonds. The fraction of sp³-hybridized carbons (Fsp3) is 0.364. The van der Waals surface area contributed by atoms with E-state index in [4.69, 9.17) is 4.74 Å². The maximum absolute atomic E-state index is 13.1. The molecule has 3 rings (SSSR count).